The Morgan fingerprint density at radius 3 is 2.48 bits per heavy atom. The lowest BCUT2D eigenvalue weighted by Gasteiger charge is -2.06. The number of carbonyl (C=O) groups is 1. The number of aromatic nitrogens is 2. The summed E-state index contributed by atoms with van der Waals surface area (Å²) in [5, 5.41) is 3.04. The molecule has 0 fully saturated rings. The highest BCUT2D eigenvalue weighted by molar-refractivity contribution is 6.39. The molecule has 0 aliphatic carbocycles. The van der Waals surface area contributed by atoms with Gasteiger partial charge in [0.2, 0.25) is 5.89 Å². The zero-order valence-electron chi connectivity index (χ0n) is 11.8. The maximum Gasteiger partial charge on any atom is 0.254 e. The van der Waals surface area contributed by atoms with E-state index in [1.165, 1.54) is 12.4 Å². The molecule has 0 aliphatic heterocycles. The molecule has 2 heterocycles. The Morgan fingerprint density at radius 2 is 1.78 bits per heavy atom. The van der Waals surface area contributed by atoms with Crippen LogP contribution in [0, 0.1) is 0 Å². The summed E-state index contributed by atoms with van der Waals surface area (Å²) in [5.41, 5.74) is 1.09. The molecule has 5 nitrogen and oxygen atoms in total. The fourth-order valence-electron chi connectivity index (χ4n) is 2.00. The van der Waals surface area contributed by atoms with E-state index >= 15 is 0 Å². The van der Waals surface area contributed by atoms with Crippen LogP contribution < -0.4 is 5.32 Å². The van der Waals surface area contributed by atoms with Gasteiger partial charge in [0.15, 0.2) is 5.76 Å². The second kappa shape index (κ2) is 6.81. The van der Waals surface area contributed by atoms with E-state index in [-0.39, 0.29) is 22.2 Å². The first-order valence-corrected chi connectivity index (χ1v) is 7.48. The summed E-state index contributed by atoms with van der Waals surface area (Å²) in [7, 11) is 0. The van der Waals surface area contributed by atoms with Crippen LogP contribution in [0.25, 0.3) is 11.3 Å². The largest absolute Gasteiger partial charge is 0.439 e. The van der Waals surface area contributed by atoms with Crippen molar-refractivity contribution in [3.63, 3.8) is 0 Å². The van der Waals surface area contributed by atoms with Gasteiger partial charge in [0.05, 0.1) is 28.4 Å². The monoisotopic (exact) mass is 347 g/mol. The van der Waals surface area contributed by atoms with E-state index in [9.17, 15) is 4.79 Å². The van der Waals surface area contributed by atoms with Gasteiger partial charge in [-0.05, 0) is 0 Å². The zero-order valence-corrected chi connectivity index (χ0v) is 13.3. The minimum Gasteiger partial charge on any atom is -0.439 e. The van der Waals surface area contributed by atoms with E-state index in [0.717, 1.165) is 5.56 Å². The van der Waals surface area contributed by atoms with Crippen LogP contribution in [-0.2, 0) is 6.54 Å². The Labute approximate surface area is 142 Å². The quantitative estimate of drug-likeness (QED) is 0.775. The minimum atomic E-state index is -0.415. The molecule has 0 spiro atoms. The third kappa shape index (κ3) is 3.52. The topological polar surface area (TPSA) is 68.0 Å². The van der Waals surface area contributed by atoms with Crippen molar-refractivity contribution < 1.29 is 9.21 Å². The summed E-state index contributed by atoms with van der Waals surface area (Å²) in [6.07, 6.45) is 4.34. The first kappa shape index (κ1) is 15.5. The first-order valence-electron chi connectivity index (χ1n) is 6.72. The van der Waals surface area contributed by atoms with Crippen molar-refractivity contribution in [1.82, 2.24) is 15.3 Å². The number of oxazole rings is 1. The number of hydrogen-bond acceptors (Lipinski definition) is 4. The van der Waals surface area contributed by atoms with Gasteiger partial charge in [-0.15, -0.1) is 0 Å². The number of hydrogen-bond donors (Lipinski definition) is 1. The molecule has 0 atom stereocenters. The number of carbonyl (C=O) groups excluding carboxylic acids is 1. The van der Waals surface area contributed by atoms with Crippen molar-refractivity contribution in [2.24, 2.45) is 0 Å². The van der Waals surface area contributed by atoms with Crippen LogP contribution in [-0.4, -0.2) is 15.9 Å². The fourth-order valence-corrected chi connectivity index (χ4v) is 2.54. The molecular formula is C16H11Cl2N3O2. The molecule has 0 bridgehead atoms. The van der Waals surface area contributed by atoms with Gasteiger partial charge in [-0.25, -0.2) is 4.98 Å². The van der Waals surface area contributed by atoms with Crippen LogP contribution in [0.1, 0.15) is 16.2 Å². The Balaban J connectivity index is 1.70. The van der Waals surface area contributed by atoms with Crippen molar-refractivity contribution in [3.05, 3.63) is 70.4 Å². The Hall–Kier alpha value is -2.37. The zero-order chi connectivity index (χ0) is 16.2. The molecule has 7 heteroatoms. The molecule has 0 radical (unpaired) electrons. The van der Waals surface area contributed by atoms with Crippen molar-refractivity contribution in [3.8, 4) is 11.3 Å². The lowest BCUT2D eigenvalue weighted by Crippen LogP contribution is -2.23. The fraction of sp³-hybridized carbons (Fsp3) is 0.0625. The molecule has 2 aromatic heterocycles. The Kier molecular flexibility index (Phi) is 4.60. The summed E-state index contributed by atoms with van der Waals surface area (Å²) >= 11 is 11.9. The second-order valence-corrected chi connectivity index (χ2v) is 5.46. The van der Waals surface area contributed by atoms with Crippen LogP contribution in [0.3, 0.4) is 0 Å². The molecule has 23 heavy (non-hydrogen) atoms. The molecule has 0 saturated carbocycles. The molecular weight excluding hydrogens is 337 g/mol. The summed E-state index contributed by atoms with van der Waals surface area (Å²) in [6, 6.07) is 9.57. The van der Waals surface area contributed by atoms with E-state index in [1.54, 1.807) is 6.20 Å². The van der Waals surface area contributed by atoms with Gasteiger partial charge < -0.3 is 9.73 Å². The van der Waals surface area contributed by atoms with E-state index in [1.807, 2.05) is 30.3 Å². The number of benzene rings is 1. The normalized spacial score (nSPS) is 10.5. The van der Waals surface area contributed by atoms with Crippen LogP contribution in [0.4, 0.5) is 0 Å². The molecule has 1 aromatic carbocycles. The van der Waals surface area contributed by atoms with Gasteiger partial charge >= 0.3 is 0 Å². The van der Waals surface area contributed by atoms with Crippen molar-refractivity contribution in [2.45, 2.75) is 6.54 Å². The van der Waals surface area contributed by atoms with Gasteiger partial charge in [-0.3, -0.25) is 9.78 Å². The van der Waals surface area contributed by atoms with Gasteiger partial charge in [0.25, 0.3) is 5.91 Å². The van der Waals surface area contributed by atoms with Crippen LogP contribution in [0.15, 0.2) is 53.3 Å². The van der Waals surface area contributed by atoms with Crippen molar-refractivity contribution in [2.75, 3.05) is 0 Å². The van der Waals surface area contributed by atoms with E-state index < -0.39 is 5.91 Å². The standard InChI is InChI=1S/C16H11Cl2N3O2/c17-11-6-19-7-12(18)15(11)16(22)21-9-14-20-8-13(23-14)10-4-2-1-3-5-10/h1-8H,9H2,(H,21,22). The smallest absolute Gasteiger partial charge is 0.254 e. The van der Waals surface area contributed by atoms with Gasteiger partial charge in [0.1, 0.15) is 0 Å². The number of pyridine rings is 1. The number of amides is 1. The number of nitrogens with zero attached hydrogens (tertiary/aromatic N) is 2. The number of rotatable bonds is 4. The van der Waals surface area contributed by atoms with E-state index in [2.05, 4.69) is 15.3 Å². The molecule has 0 aliphatic rings. The maximum absolute atomic E-state index is 12.2. The summed E-state index contributed by atoms with van der Waals surface area (Å²) < 4.78 is 5.61. The highest BCUT2D eigenvalue weighted by Crippen LogP contribution is 2.23. The minimum absolute atomic E-state index is 0.126. The number of nitrogens with one attached hydrogen (secondary N) is 1. The maximum atomic E-state index is 12.2. The van der Waals surface area contributed by atoms with Gasteiger partial charge in [-0.2, -0.15) is 0 Å². The summed E-state index contributed by atoms with van der Waals surface area (Å²) in [6.45, 7) is 0.126. The van der Waals surface area contributed by atoms with E-state index in [0.29, 0.717) is 11.7 Å². The van der Waals surface area contributed by atoms with Crippen LogP contribution in [0.5, 0.6) is 0 Å². The third-order valence-electron chi connectivity index (χ3n) is 3.09. The summed E-state index contributed by atoms with van der Waals surface area (Å²) in [5.74, 6) is 0.607. The first-order chi connectivity index (χ1) is 11.1. The average Bonchev–Trinajstić information content (AvgIpc) is 3.02. The third-order valence-corrected chi connectivity index (χ3v) is 3.67. The number of halogens is 2. The van der Waals surface area contributed by atoms with Crippen LogP contribution in [0.2, 0.25) is 10.0 Å². The molecule has 116 valence electrons. The lowest BCUT2D eigenvalue weighted by atomic mass is 10.2. The molecule has 1 amide bonds. The predicted molar refractivity (Wildman–Crippen MR) is 87.4 cm³/mol. The molecule has 1 N–H and O–H groups in total. The lowest BCUT2D eigenvalue weighted by molar-refractivity contribution is 0.0947. The van der Waals surface area contributed by atoms with Crippen molar-refractivity contribution in [1.29, 1.82) is 0 Å². The molecule has 0 unspecified atom stereocenters. The summed E-state index contributed by atoms with van der Waals surface area (Å²) in [4.78, 5) is 20.1. The van der Waals surface area contributed by atoms with E-state index in [4.69, 9.17) is 27.6 Å². The molecule has 3 aromatic rings. The predicted octanol–water partition coefficient (Wildman–Crippen LogP) is 3.97. The van der Waals surface area contributed by atoms with Crippen molar-refractivity contribution >= 4 is 29.1 Å². The second-order valence-electron chi connectivity index (χ2n) is 4.65. The molecule has 3 rings (SSSR count). The SMILES string of the molecule is O=C(NCc1ncc(-c2ccccc2)o1)c1c(Cl)cncc1Cl. The highest BCUT2D eigenvalue weighted by atomic mass is 35.5. The highest BCUT2D eigenvalue weighted by Gasteiger charge is 2.16. The Morgan fingerprint density at radius 1 is 1.09 bits per heavy atom. The van der Waals surface area contributed by atoms with Gasteiger partial charge in [-0.1, -0.05) is 53.5 Å². The Bertz CT molecular complexity index is 814. The molecule has 0 saturated heterocycles. The van der Waals surface area contributed by atoms with Crippen LogP contribution >= 0.6 is 23.2 Å². The van der Waals surface area contributed by atoms with Gasteiger partial charge in [0, 0.05) is 18.0 Å². The average molecular weight is 348 g/mol.